The number of hydrogen-bond acceptors (Lipinski definition) is 8. The van der Waals surface area contributed by atoms with E-state index in [1.165, 1.54) is 0 Å². The molecule has 0 aromatic rings. The average Bonchev–Trinajstić information content (AvgIpc) is 3.00. The molecule has 2 fully saturated rings. The number of amides is 5. The lowest BCUT2D eigenvalue weighted by molar-refractivity contribution is -0.204. The third-order valence-electron chi connectivity index (χ3n) is 4.36. The maximum absolute atomic E-state index is 12.5. The molecule has 0 aliphatic carbocycles. The molecular formula is C18H25N3O8. The van der Waals surface area contributed by atoms with Gasteiger partial charge in [-0.1, -0.05) is 0 Å². The van der Waals surface area contributed by atoms with Crippen molar-refractivity contribution in [1.82, 2.24) is 15.4 Å². The van der Waals surface area contributed by atoms with Crippen LogP contribution < -0.4 is 5.32 Å². The van der Waals surface area contributed by atoms with Gasteiger partial charge < -0.3 is 15.0 Å². The third-order valence-corrected chi connectivity index (χ3v) is 4.36. The summed E-state index contributed by atoms with van der Waals surface area (Å²) in [7, 11) is 0. The Balaban J connectivity index is 1.95. The quantitative estimate of drug-likeness (QED) is 0.656. The van der Waals surface area contributed by atoms with E-state index >= 15 is 0 Å². The number of carbonyl (C=O) groups is 6. The Morgan fingerprint density at radius 2 is 1.48 bits per heavy atom. The molecule has 0 saturated carbocycles. The van der Waals surface area contributed by atoms with Crippen molar-refractivity contribution in [3.8, 4) is 0 Å². The normalized spacial score (nSPS) is 20.4. The highest BCUT2D eigenvalue weighted by molar-refractivity contribution is 6.03. The number of carbonyl (C=O) groups excluding carboxylic acids is 6. The van der Waals surface area contributed by atoms with E-state index in [9.17, 15) is 28.8 Å². The van der Waals surface area contributed by atoms with Crippen molar-refractivity contribution >= 4 is 35.7 Å². The first-order valence-electron chi connectivity index (χ1n) is 9.16. The molecule has 5 amide bonds. The maximum atomic E-state index is 12.5. The van der Waals surface area contributed by atoms with Gasteiger partial charge in [-0.25, -0.2) is 9.59 Å². The fraction of sp³-hybridized carbons (Fsp3) is 0.667. The Bertz CT molecular complexity index is 752. The summed E-state index contributed by atoms with van der Waals surface area (Å²) in [4.78, 5) is 81.3. The summed E-state index contributed by atoms with van der Waals surface area (Å²) in [5.41, 5.74) is -1.92. The van der Waals surface area contributed by atoms with Crippen LogP contribution in [0.4, 0.5) is 4.79 Å². The predicted octanol–water partition coefficient (Wildman–Crippen LogP) is 0.825. The second-order valence-electron chi connectivity index (χ2n) is 8.73. The number of hydroxylamine groups is 4. The molecule has 2 heterocycles. The first-order valence-corrected chi connectivity index (χ1v) is 9.16. The van der Waals surface area contributed by atoms with Gasteiger partial charge in [0, 0.05) is 24.8 Å². The molecule has 0 radical (unpaired) electrons. The minimum absolute atomic E-state index is 0.0304. The Labute approximate surface area is 167 Å². The van der Waals surface area contributed by atoms with Crippen LogP contribution in [0.25, 0.3) is 0 Å². The highest BCUT2D eigenvalue weighted by Crippen LogP contribution is 2.29. The van der Waals surface area contributed by atoms with Crippen LogP contribution in [0.3, 0.4) is 0 Å². The fourth-order valence-corrected chi connectivity index (χ4v) is 2.85. The van der Waals surface area contributed by atoms with Crippen molar-refractivity contribution in [2.75, 3.05) is 0 Å². The molecule has 0 spiro atoms. The summed E-state index contributed by atoms with van der Waals surface area (Å²) >= 11 is 0. The molecule has 1 unspecified atom stereocenters. The lowest BCUT2D eigenvalue weighted by Gasteiger charge is -2.28. The van der Waals surface area contributed by atoms with Crippen LogP contribution in [0.15, 0.2) is 0 Å². The monoisotopic (exact) mass is 411 g/mol. The first kappa shape index (κ1) is 22.3. The molecular weight excluding hydrogens is 386 g/mol. The highest BCUT2D eigenvalue weighted by atomic mass is 16.7. The fourth-order valence-electron chi connectivity index (χ4n) is 2.85. The van der Waals surface area contributed by atoms with Gasteiger partial charge in [-0.2, -0.15) is 0 Å². The smallest absolute Gasteiger partial charge is 0.330 e. The van der Waals surface area contributed by atoms with E-state index in [2.05, 4.69) is 5.32 Å². The van der Waals surface area contributed by atoms with E-state index in [-0.39, 0.29) is 25.7 Å². The molecule has 2 rings (SSSR count). The van der Waals surface area contributed by atoms with Gasteiger partial charge in [0.15, 0.2) is 0 Å². The number of nitrogens with zero attached hydrogens (tertiary/aromatic N) is 2. The van der Waals surface area contributed by atoms with Crippen LogP contribution in [-0.4, -0.2) is 51.4 Å². The summed E-state index contributed by atoms with van der Waals surface area (Å²) in [5.74, 6) is -4.10. The van der Waals surface area contributed by atoms with Crippen LogP contribution in [0.5, 0.6) is 0 Å². The summed E-state index contributed by atoms with van der Waals surface area (Å²) in [6.07, 6.45) is -1.24. The van der Waals surface area contributed by atoms with Gasteiger partial charge in [0.25, 0.3) is 23.6 Å². The summed E-state index contributed by atoms with van der Waals surface area (Å²) in [5, 5.41) is 3.34. The standard InChI is InChI=1S/C18H25N3O8/c1-17(2,3)15(26)28-21-13(24)8-10(14(21)25)9-18(4,5)19-16(27)29-20-11(22)6-7-12(20)23/h10H,6-9H2,1-5H3,(H,19,27). The summed E-state index contributed by atoms with van der Waals surface area (Å²) in [6.45, 7) is 7.94. The van der Waals surface area contributed by atoms with Gasteiger partial charge in [-0.3, -0.25) is 19.2 Å². The second kappa shape index (κ2) is 7.80. The topological polar surface area (TPSA) is 139 Å². The summed E-state index contributed by atoms with van der Waals surface area (Å²) in [6, 6.07) is 0. The SMILES string of the molecule is CC(C)(CC1CC(=O)N(OC(=O)C(C)(C)C)C1=O)NC(=O)ON1C(=O)CCC1=O. The molecule has 2 aliphatic heterocycles. The first-order chi connectivity index (χ1) is 13.2. The molecule has 29 heavy (non-hydrogen) atoms. The lowest BCUT2D eigenvalue weighted by atomic mass is 9.89. The zero-order valence-electron chi connectivity index (χ0n) is 17.1. The van der Waals surface area contributed by atoms with Crippen molar-refractivity contribution in [2.45, 2.75) is 65.8 Å². The molecule has 2 saturated heterocycles. The molecule has 2 aliphatic rings. The van der Waals surface area contributed by atoms with E-state index in [1.54, 1.807) is 34.6 Å². The minimum Gasteiger partial charge on any atom is -0.330 e. The van der Waals surface area contributed by atoms with Crippen molar-refractivity contribution in [3.63, 3.8) is 0 Å². The summed E-state index contributed by atoms with van der Waals surface area (Å²) < 4.78 is 0. The van der Waals surface area contributed by atoms with E-state index in [0.29, 0.717) is 10.1 Å². The molecule has 160 valence electrons. The van der Waals surface area contributed by atoms with Gasteiger partial charge in [0.2, 0.25) is 0 Å². The number of rotatable bonds is 5. The van der Waals surface area contributed by atoms with Gasteiger partial charge in [-0.15, -0.1) is 10.1 Å². The number of nitrogens with one attached hydrogen (secondary N) is 1. The van der Waals surface area contributed by atoms with E-state index in [4.69, 9.17) is 9.68 Å². The molecule has 11 nitrogen and oxygen atoms in total. The molecule has 0 aromatic heterocycles. The zero-order valence-corrected chi connectivity index (χ0v) is 17.1. The highest BCUT2D eigenvalue weighted by Gasteiger charge is 2.45. The van der Waals surface area contributed by atoms with Gasteiger partial charge in [0.1, 0.15) is 0 Å². The molecule has 11 heteroatoms. The predicted molar refractivity (Wildman–Crippen MR) is 94.9 cm³/mol. The van der Waals surface area contributed by atoms with Gasteiger partial charge in [0.05, 0.1) is 11.3 Å². The largest absolute Gasteiger partial charge is 0.432 e. The van der Waals surface area contributed by atoms with E-state index in [0.717, 1.165) is 0 Å². The Hall–Kier alpha value is -2.98. The molecule has 1 atom stereocenters. The van der Waals surface area contributed by atoms with Crippen LogP contribution >= 0.6 is 0 Å². The van der Waals surface area contributed by atoms with E-state index in [1.807, 2.05) is 0 Å². The van der Waals surface area contributed by atoms with E-state index < -0.39 is 52.6 Å². The average molecular weight is 411 g/mol. The van der Waals surface area contributed by atoms with Gasteiger partial charge in [-0.05, 0) is 41.0 Å². The van der Waals surface area contributed by atoms with Crippen LogP contribution in [0.2, 0.25) is 0 Å². The number of imide groups is 2. The number of hydrogen-bond donors (Lipinski definition) is 1. The lowest BCUT2D eigenvalue weighted by Crippen LogP contribution is -2.48. The van der Waals surface area contributed by atoms with Gasteiger partial charge >= 0.3 is 12.1 Å². The second-order valence-corrected chi connectivity index (χ2v) is 8.73. The zero-order chi connectivity index (χ0) is 22.1. The van der Waals surface area contributed by atoms with Crippen molar-refractivity contribution < 1.29 is 38.4 Å². The Kier molecular flexibility index (Phi) is 6.00. The minimum atomic E-state index is -1.04. The Morgan fingerprint density at radius 3 is 2.00 bits per heavy atom. The van der Waals surface area contributed by atoms with Crippen LogP contribution in [-0.2, 0) is 33.6 Å². The molecule has 0 aromatic carbocycles. The van der Waals surface area contributed by atoms with Crippen LogP contribution in [0.1, 0.15) is 60.3 Å². The molecule has 0 bridgehead atoms. The molecule has 1 N–H and O–H groups in total. The van der Waals surface area contributed by atoms with Crippen molar-refractivity contribution in [3.05, 3.63) is 0 Å². The van der Waals surface area contributed by atoms with Crippen LogP contribution in [0, 0.1) is 11.3 Å². The maximum Gasteiger partial charge on any atom is 0.432 e. The Morgan fingerprint density at radius 1 is 0.931 bits per heavy atom. The third kappa shape index (κ3) is 5.30. The van der Waals surface area contributed by atoms with Crippen molar-refractivity contribution in [2.24, 2.45) is 11.3 Å². The van der Waals surface area contributed by atoms with Crippen molar-refractivity contribution in [1.29, 1.82) is 0 Å².